The van der Waals surface area contributed by atoms with Gasteiger partial charge in [0.2, 0.25) is 0 Å². The van der Waals surface area contributed by atoms with E-state index in [4.69, 9.17) is 9.47 Å². The van der Waals surface area contributed by atoms with Crippen molar-refractivity contribution in [3.05, 3.63) is 35.4 Å². The first-order valence-electron chi connectivity index (χ1n) is 7.20. The van der Waals surface area contributed by atoms with Gasteiger partial charge in [0.1, 0.15) is 0 Å². The maximum absolute atomic E-state index is 11.3. The Hall–Kier alpha value is -1.39. The first-order valence-corrected chi connectivity index (χ1v) is 7.20. The van der Waals surface area contributed by atoms with E-state index >= 15 is 0 Å². The number of benzene rings is 1. The third kappa shape index (κ3) is 4.32. The van der Waals surface area contributed by atoms with Gasteiger partial charge in [-0.2, -0.15) is 0 Å². The van der Waals surface area contributed by atoms with Crippen LogP contribution in [0.25, 0.3) is 0 Å². The van der Waals surface area contributed by atoms with Gasteiger partial charge < -0.3 is 9.47 Å². The van der Waals surface area contributed by atoms with Gasteiger partial charge in [-0.25, -0.2) is 0 Å². The van der Waals surface area contributed by atoms with Crippen LogP contribution in [0.2, 0.25) is 0 Å². The second-order valence-electron chi connectivity index (χ2n) is 5.18. The molecule has 110 valence electrons. The standard InChI is InChI=1S/C16H23NO3/c1-3-13-4-6-14(7-5-13)11-17-8-9-20-15(12-17)10-16(18)19-2/h4-7,15H,3,8-12H2,1-2H3. The molecule has 0 aliphatic carbocycles. The van der Waals surface area contributed by atoms with Gasteiger partial charge in [0.15, 0.2) is 0 Å². The van der Waals surface area contributed by atoms with Crippen molar-refractivity contribution in [2.75, 3.05) is 26.8 Å². The SMILES string of the molecule is CCc1ccc(CN2CCOC(CC(=O)OC)C2)cc1. The smallest absolute Gasteiger partial charge is 0.308 e. The van der Waals surface area contributed by atoms with E-state index in [1.54, 1.807) is 0 Å². The van der Waals surface area contributed by atoms with E-state index in [1.807, 2.05) is 0 Å². The molecule has 0 N–H and O–H groups in total. The third-order valence-corrected chi connectivity index (χ3v) is 3.68. The van der Waals surface area contributed by atoms with Crippen LogP contribution in [0.3, 0.4) is 0 Å². The summed E-state index contributed by atoms with van der Waals surface area (Å²) < 4.78 is 10.3. The van der Waals surface area contributed by atoms with Crippen LogP contribution in [0, 0.1) is 0 Å². The van der Waals surface area contributed by atoms with Gasteiger partial charge in [-0.3, -0.25) is 9.69 Å². The van der Waals surface area contributed by atoms with E-state index in [0.29, 0.717) is 13.0 Å². The number of nitrogens with zero attached hydrogens (tertiary/aromatic N) is 1. The number of aryl methyl sites for hydroxylation is 1. The maximum atomic E-state index is 11.3. The molecule has 1 aromatic carbocycles. The molecule has 4 heteroatoms. The number of ether oxygens (including phenoxy) is 2. The minimum atomic E-state index is -0.204. The van der Waals surface area contributed by atoms with Crippen LogP contribution in [-0.2, 0) is 27.2 Å². The van der Waals surface area contributed by atoms with E-state index in [-0.39, 0.29) is 12.1 Å². The Morgan fingerprint density at radius 1 is 1.35 bits per heavy atom. The number of hydrogen-bond acceptors (Lipinski definition) is 4. The van der Waals surface area contributed by atoms with Gasteiger partial charge in [0.25, 0.3) is 0 Å². The van der Waals surface area contributed by atoms with Gasteiger partial charge in [0.05, 0.1) is 26.2 Å². The van der Waals surface area contributed by atoms with Crippen molar-refractivity contribution in [1.82, 2.24) is 4.90 Å². The summed E-state index contributed by atoms with van der Waals surface area (Å²) in [4.78, 5) is 13.6. The lowest BCUT2D eigenvalue weighted by molar-refractivity contribution is -0.145. The number of methoxy groups -OCH3 is 1. The molecule has 20 heavy (non-hydrogen) atoms. The average Bonchev–Trinajstić information content (AvgIpc) is 2.48. The molecule has 0 spiro atoms. The molecule has 4 nitrogen and oxygen atoms in total. The third-order valence-electron chi connectivity index (χ3n) is 3.68. The number of rotatable bonds is 5. The number of morpholine rings is 1. The Labute approximate surface area is 120 Å². The fourth-order valence-corrected chi connectivity index (χ4v) is 2.46. The van der Waals surface area contributed by atoms with Crippen LogP contribution in [0.1, 0.15) is 24.5 Å². The molecule has 1 atom stereocenters. The Balaban J connectivity index is 1.87. The van der Waals surface area contributed by atoms with Gasteiger partial charge >= 0.3 is 5.97 Å². The largest absolute Gasteiger partial charge is 0.469 e. The number of carbonyl (C=O) groups is 1. The zero-order chi connectivity index (χ0) is 14.4. The summed E-state index contributed by atoms with van der Waals surface area (Å²) in [7, 11) is 1.41. The van der Waals surface area contributed by atoms with Crippen molar-refractivity contribution in [2.45, 2.75) is 32.4 Å². The average molecular weight is 277 g/mol. The summed E-state index contributed by atoms with van der Waals surface area (Å²) in [5, 5.41) is 0. The topological polar surface area (TPSA) is 38.8 Å². The second kappa shape index (κ2) is 7.41. The molecule has 0 radical (unpaired) electrons. The van der Waals surface area contributed by atoms with Crippen molar-refractivity contribution in [1.29, 1.82) is 0 Å². The zero-order valence-corrected chi connectivity index (χ0v) is 12.3. The molecule has 2 rings (SSSR count). The summed E-state index contributed by atoms with van der Waals surface area (Å²) in [5.74, 6) is -0.204. The minimum absolute atomic E-state index is 0.0499. The summed E-state index contributed by atoms with van der Waals surface area (Å²) >= 11 is 0. The first kappa shape index (κ1) is 15.0. The number of esters is 1. The molecule has 1 unspecified atom stereocenters. The summed E-state index contributed by atoms with van der Waals surface area (Å²) in [6.45, 7) is 5.44. The highest BCUT2D eigenvalue weighted by molar-refractivity contribution is 5.69. The Kier molecular flexibility index (Phi) is 5.56. The summed E-state index contributed by atoms with van der Waals surface area (Å²) in [6, 6.07) is 8.73. The van der Waals surface area contributed by atoms with Crippen LogP contribution in [-0.4, -0.2) is 43.8 Å². The highest BCUT2D eigenvalue weighted by Crippen LogP contribution is 2.14. The monoisotopic (exact) mass is 277 g/mol. The number of carbonyl (C=O) groups excluding carboxylic acids is 1. The first-order chi connectivity index (χ1) is 9.71. The predicted octanol–water partition coefficient (Wildman–Crippen LogP) is 2.01. The normalized spacial score (nSPS) is 19.8. The Morgan fingerprint density at radius 3 is 2.70 bits per heavy atom. The van der Waals surface area contributed by atoms with E-state index in [9.17, 15) is 4.79 Å². The number of hydrogen-bond donors (Lipinski definition) is 0. The van der Waals surface area contributed by atoms with Gasteiger partial charge in [0, 0.05) is 19.6 Å². The zero-order valence-electron chi connectivity index (χ0n) is 12.3. The fraction of sp³-hybridized carbons (Fsp3) is 0.562. The lowest BCUT2D eigenvalue weighted by Crippen LogP contribution is -2.42. The minimum Gasteiger partial charge on any atom is -0.469 e. The lowest BCUT2D eigenvalue weighted by Gasteiger charge is -2.32. The molecule has 1 saturated heterocycles. The van der Waals surface area contributed by atoms with Gasteiger partial charge in [-0.15, -0.1) is 0 Å². The summed E-state index contributed by atoms with van der Waals surface area (Å²) in [5.41, 5.74) is 2.67. The highest BCUT2D eigenvalue weighted by atomic mass is 16.5. The fourth-order valence-electron chi connectivity index (χ4n) is 2.46. The molecule has 1 fully saturated rings. The molecule has 1 aliphatic heterocycles. The van der Waals surface area contributed by atoms with E-state index in [2.05, 4.69) is 36.1 Å². The maximum Gasteiger partial charge on any atom is 0.308 e. The quantitative estimate of drug-likeness (QED) is 0.772. The molecule has 0 amide bonds. The van der Waals surface area contributed by atoms with Gasteiger partial charge in [-0.1, -0.05) is 31.2 Å². The Bertz CT molecular complexity index is 430. The van der Waals surface area contributed by atoms with Crippen LogP contribution in [0.15, 0.2) is 24.3 Å². The molecule has 1 aliphatic rings. The van der Waals surface area contributed by atoms with E-state index in [0.717, 1.165) is 26.1 Å². The molecule has 0 bridgehead atoms. The van der Waals surface area contributed by atoms with Gasteiger partial charge in [-0.05, 0) is 17.5 Å². The molecule has 0 aromatic heterocycles. The Morgan fingerprint density at radius 2 is 2.05 bits per heavy atom. The van der Waals surface area contributed by atoms with Crippen molar-refractivity contribution < 1.29 is 14.3 Å². The van der Waals surface area contributed by atoms with Crippen molar-refractivity contribution >= 4 is 5.97 Å². The van der Waals surface area contributed by atoms with E-state index < -0.39 is 0 Å². The van der Waals surface area contributed by atoms with E-state index in [1.165, 1.54) is 18.2 Å². The van der Waals surface area contributed by atoms with Crippen LogP contribution < -0.4 is 0 Å². The van der Waals surface area contributed by atoms with Crippen molar-refractivity contribution in [2.24, 2.45) is 0 Å². The van der Waals surface area contributed by atoms with Crippen LogP contribution in [0.5, 0.6) is 0 Å². The molecule has 1 aromatic rings. The molecular formula is C16H23NO3. The van der Waals surface area contributed by atoms with Crippen LogP contribution in [0.4, 0.5) is 0 Å². The lowest BCUT2D eigenvalue weighted by atomic mass is 10.1. The van der Waals surface area contributed by atoms with Crippen molar-refractivity contribution in [3.63, 3.8) is 0 Å². The van der Waals surface area contributed by atoms with Crippen molar-refractivity contribution in [3.8, 4) is 0 Å². The molecular weight excluding hydrogens is 254 g/mol. The molecule has 0 saturated carbocycles. The second-order valence-corrected chi connectivity index (χ2v) is 5.18. The highest BCUT2D eigenvalue weighted by Gasteiger charge is 2.23. The summed E-state index contributed by atoms with van der Waals surface area (Å²) in [6.07, 6.45) is 1.35. The van der Waals surface area contributed by atoms with Crippen LogP contribution >= 0.6 is 0 Å². The predicted molar refractivity (Wildman–Crippen MR) is 77.5 cm³/mol. The molecule has 1 heterocycles.